The molecule has 0 aromatic heterocycles. The molecule has 6 heteroatoms. The number of carbonyl (C=O) groups is 1. The molecule has 1 aliphatic heterocycles. The molecule has 0 aliphatic carbocycles. The molecule has 2 aromatic carbocycles. The van der Waals surface area contributed by atoms with Gasteiger partial charge in [-0.1, -0.05) is 12.1 Å². The van der Waals surface area contributed by atoms with Crippen LogP contribution in [0.3, 0.4) is 0 Å². The summed E-state index contributed by atoms with van der Waals surface area (Å²) < 4.78 is 16.7. The first kappa shape index (κ1) is 21.0. The zero-order valence-corrected chi connectivity index (χ0v) is 17.3. The lowest BCUT2D eigenvalue weighted by molar-refractivity contribution is -0.143. The van der Waals surface area contributed by atoms with E-state index in [0.29, 0.717) is 25.3 Å². The van der Waals surface area contributed by atoms with E-state index < -0.39 is 5.97 Å². The van der Waals surface area contributed by atoms with Gasteiger partial charge in [0.05, 0.1) is 32.8 Å². The molecule has 1 aliphatic rings. The van der Waals surface area contributed by atoms with Crippen molar-refractivity contribution in [2.24, 2.45) is 5.92 Å². The SMILES string of the molecule is CCOc1cccc(C(c2ccc(OC)cc2OC)N2CCCC(C(=O)O)C2)c1. The molecule has 1 N–H and O–H groups in total. The summed E-state index contributed by atoms with van der Waals surface area (Å²) >= 11 is 0. The summed E-state index contributed by atoms with van der Waals surface area (Å²) in [5.74, 6) is 1.13. The lowest BCUT2D eigenvalue weighted by atomic mass is 9.91. The Kier molecular flexibility index (Phi) is 6.99. The van der Waals surface area contributed by atoms with Crippen molar-refractivity contribution < 1.29 is 24.1 Å². The zero-order chi connectivity index (χ0) is 20.8. The maximum Gasteiger partial charge on any atom is 0.307 e. The number of carboxylic acid groups (broad SMARTS) is 1. The molecule has 6 nitrogen and oxygen atoms in total. The van der Waals surface area contributed by atoms with E-state index in [-0.39, 0.29) is 12.0 Å². The molecule has 2 atom stereocenters. The van der Waals surface area contributed by atoms with Gasteiger partial charge in [0, 0.05) is 18.2 Å². The quantitative estimate of drug-likeness (QED) is 0.724. The second-order valence-corrected chi connectivity index (χ2v) is 7.19. The topological polar surface area (TPSA) is 68.2 Å². The maximum absolute atomic E-state index is 11.7. The molecule has 1 fully saturated rings. The molecule has 156 valence electrons. The highest BCUT2D eigenvalue weighted by Crippen LogP contribution is 2.39. The Bertz CT molecular complexity index is 838. The van der Waals surface area contributed by atoms with E-state index >= 15 is 0 Å². The fraction of sp³-hybridized carbons (Fsp3) is 0.435. The first-order valence-electron chi connectivity index (χ1n) is 9.98. The summed E-state index contributed by atoms with van der Waals surface area (Å²) in [6, 6.07) is 13.6. The monoisotopic (exact) mass is 399 g/mol. The third kappa shape index (κ3) is 4.82. The van der Waals surface area contributed by atoms with Gasteiger partial charge >= 0.3 is 5.97 Å². The normalized spacial score (nSPS) is 18.1. The maximum atomic E-state index is 11.7. The average molecular weight is 399 g/mol. The third-order valence-corrected chi connectivity index (χ3v) is 5.39. The molecule has 0 radical (unpaired) electrons. The van der Waals surface area contributed by atoms with Crippen LogP contribution >= 0.6 is 0 Å². The number of rotatable bonds is 8. The van der Waals surface area contributed by atoms with Crippen molar-refractivity contribution in [1.29, 1.82) is 0 Å². The Labute approximate surface area is 172 Å². The van der Waals surface area contributed by atoms with Crippen LogP contribution in [0.5, 0.6) is 17.2 Å². The second kappa shape index (κ2) is 9.65. The fourth-order valence-corrected chi connectivity index (χ4v) is 4.01. The number of nitrogens with zero attached hydrogens (tertiary/aromatic N) is 1. The van der Waals surface area contributed by atoms with Crippen LogP contribution in [0.2, 0.25) is 0 Å². The predicted octanol–water partition coefficient (Wildman–Crippen LogP) is 3.99. The molecule has 29 heavy (non-hydrogen) atoms. The van der Waals surface area contributed by atoms with E-state index in [4.69, 9.17) is 14.2 Å². The summed E-state index contributed by atoms with van der Waals surface area (Å²) in [5, 5.41) is 9.57. The van der Waals surface area contributed by atoms with E-state index in [0.717, 1.165) is 35.6 Å². The molecular formula is C23H29NO5. The highest BCUT2D eigenvalue weighted by Gasteiger charge is 2.33. The van der Waals surface area contributed by atoms with Gasteiger partial charge in [-0.25, -0.2) is 0 Å². The third-order valence-electron chi connectivity index (χ3n) is 5.39. The Balaban J connectivity index is 2.07. The first-order valence-corrected chi connectivity index (χ1v) is 9.98. The largest absolute Gasteiger partial charge is 0.497 e. The molecule has 2 aromatic rings. The highest BCUT2D eigenvalue weighted by molar-refractivity contribution is 5.70. The minimum atomic E-state index is -0.738. The molecule has 0 spiro atoms. The molecule has 2 unspecified atom stereocenters. The van der Waals surface area contributed by atoms with Gasteiger partial charge in [0.1, 0.15) is 17.2 Å². The van der Waals surface area contributed by atoms with Gasteiger partial charge in [-0.3, -0.25) is 9.69 Å². The van der Waals surface area contributed by atoms with Crippen LogP contribution in [0.1, 0.15) is 36.9 Å². The molecule has 0 saturated carbocycles. The van der Waals surface area contributed by atoms with Gasteiger partial charge in [-0.05, 0) is 56.1 Å². The van der Waals surface area contributed by atoms with Crippen molar-refractivity contribution in [3.63, 3.8) is 0 Å². The van der Waals surface area contributed by atoms with Crippen molar-refractivity contribution >= 4 is 5.97 Å². The van der Waals surface area contributed by atoms with E-state index in [1.165, 1.54) is 0 Å². The minimum Gasteiger partial charge on any atom is -0.497 e. The standard InChI is InChI=1S/C23H29NO5/c1-4-29-19-9-5-7-16(13-19)22(24-12-6-8-17(15-24)23(25)26)20-11-10-18(27-2)14-21(20)28-3/h5,7,9-11,13-14,17,22H,4,6,8,12,15H2,1-3H3,(H,25,26). The number of benzene rings is 2. The van der Waals surface area contributed by atoms with E-state index in [1.807, 2.05) is 43.3 Å². The Morgan fingerprint density at radius 2 is 2.00 bits per heavy atom. The highest BCUT2D eigenvalue weighted by atomic mass is 16.5. The van der Waals surface area contributed by atoms with Crippen LogP contribution in [0, 0.1) is 5.92 Å². The number of hydrogen-bond acceptors (Lipinski definition) is 5. The Hall–Kier alpha value is -2.73. The van der Waals surface area contributed by atoms with Crippen molar-refractivity contribution in [3.05, 3.63) is 53.6 Å². The molecular weight excluding hydrogens is 370 g/mol. The van der Waals surface area contributed by atoms with Gasteiger partial charge in [0.15, 0.2) is 0 Å². The fourth-order valence-electron chi connectivity index (χ4n) is 4.01. The summed E-state index contributed by atoms with van der Waals surface area (Å²) in [6.07, 6.45) is 1.55. The van der Waals surface area contributed by atoms with Crippen LogP contribution in [0.15, 0.2) is 42.5 Å². The number of piperidine rings is 1. The number of likely N-dealkylation sites (tertiary alicyclic amines) is 1. The smallest absolute Gasteiger partial charge is 0.307 e. The van der Waals surface area contributed by atoms with E-state index in [2.05, 4.69) is 11.0 Å². The van der Waals surface area contributed by atoms with Crippen molar-refractivity contribution in [2.75, 3.05) is 33.9 Å². The average Bonchev–Trinajstić information content (AvgIpc) is 2.75. The lowest BCUT2D eigenvalue weighted by Gasteiger charge is -2.38. The van der Waals surface area contributed by atoms with Gasteiger partial charge in [0.2, 0.25) is 0 Å². The van der Waals surface area contributed by atoms with Crippen molar-refractivity contribution in [3.8, 4) is 17.2 Å². The zero-order valence-electron chi connectivity index (χ0n) is 17.3. The van der Waals surface area contributed by atoms with Crippen LogP contribution < -0.4 is 14.2 Å². The van der Waals surface area contributed by atoms with Crippen molar-refractivity contribution in [1.82, 2.24) is 4.90 Å². The summed E-state index contributed by atoms with van der Waals surface area (Å²) in [4.78, 5) is 13.9. The number of methoxy groups -OCH3 is 2. The first-order chi connectivity index (χ1) is 14.1. The predicted molar refractivity (Wildman–Crippen MR) is 111 cm³/mol. The van der Waals surface area contributed by atoms with Gasteiger partial charge < -0.3 is 19.3 Å². The second-order valence-electron chi connectivity index (χ2n) is 7.19. The summed E-state index contributed by atoms with van der Waals surface area (Å²) in [5.41, 5.74) is 2.03. The van der Waals surface area contributed by atoms with Crippen LogP contribution in [-0.2, 0) is 4.79 Å². The van der Waals surface area contributed by atoms with E-state index in [9.17, 15) is 9.90 Å². The molecule has 0 bridgehead atoms. The number of ether oxygens (including phenoxy) is 3. The van der Waals surface area contributed by atoms with E-state index in [1.54, 1.807) is 14.2 Å². The molecule has 1 heterocycles. The lowest BCUT2D eigenvalue weighted by Crippen LogP contribution is -2.41. The van der Waals surface area contributed by atoms with Crippen molar-refractivity contribution in [2.45, 2.75) is 25.8 Å². The van der Waals surface area contributed by atoms with Gasteiger partial charge in [-0.2, -0.15) is 0 Å². The Morgan fingerprint density at radius 3 is 2.69 bits per heavy atom. The number of carboxylic acids is 1. The van der Waals surface area contributed by atoms with Crippen LogP contribution in [0.4, 0.5) is 0 Å². The minimum absolute atomic E-state index is 0.140. The van der Waals surface area contributed by atoms with Crippen LogP contribution in [-0.4, -0.2) is 49.9 Å². The summed E-state index contributed by atoms with van der Waals surface area (Å²) in [6.45, 7) is 3.86. The van der Waals surface area contributed by atoms with Crippen LogP contribution in [0.25, 0.3) is 0 Å². The number of hydrogen-bond donors (Lipinski definition) is 1. The molecule has 0 amide bonds. The Morgan fingerprint density at radius 1 is 1.17 bits per heavy atom. The number of aliphatic carboxylic acids is 1. The molecule has 3 rings (SSSR count). The summed E-state index contributed by atoms with van der Waals surface area (Å²) in [7, 11) is 3.27. The van der Waals surface area contributed by atoms with Gasteiger partial charge in [-0.15, -0.1) is 0 Å². The van der Waals surface area contributed by atoms with Gasteiger partial charge in [0.25, 0.3) is 0 Å². The molecule has 1 saturated heterocycles.